The quantitative estimate of drug-likeness (QED) is 0.0200. The second-order valence-electron chi connectivity index (χ2n) is 15.9. The number of rotatable bonds is 23. The van der Waals surface area contributed by atoms with Gasteiger partial charge in [-0.2, -0.15) is 0 Å². The number of hydrogen-bond acceptors (Lipinski definition) is 17. The average Bonchev–Trinajstić information content (AvgIpc) is 3.26. The average molecular weight is 1060 g/mol. The first-order valence-electron chi connectivity index (χ1n) is 21.5. The van der Waals surface area contributed by atoms with Crippen molar-refractivity contribution in [3.8, 4) is 0 Å². The van der Waals surface area contributed by atoms with Crippen molar-refractivity contribution in [3.05, 3.63) is 34.9 Å². The normalized spacial score (nSPS) is 19.9. The number of carboxylic acid groups (broad SMARTS) is 3. The zero-order valence-electron chi connectivity index (χ0n) is 38.9. The van der Waals surface area contributed by atoms with Crippen molar-refractivity contribution >= 4 is 71.1 Å². The van der Waals surface area contributed by atoms with Crippen LogP contribution < -0.4 is 31.9 Å². The number of carbonyl (C=O) groups excluding carboxylic acids is 9. The summed E-state index contributed by atoms with van der Waals surface area (Å²) in [6, 6.07) is -8.76. The molecule has 9 amide bonds. The van der Waals surface area contributed by atoms with Crippen molar-refractivity contribution in [3.63, 3.8) is 0 Å². The van der Waals surface area contributed by atoms with Crippen molar-refractivity contribution in [2.45, 2.75) is 109 Å². The fourth-order valence-electron chi connectivity index (χ4n) is 6.21. The number of hydroxylamine groups is 6. The van der Waals surface area contributed by atoms with Crippen LogP contribution in [0.3, 0.4) is 0 Å². The molecule has 398 valence electrons. The van der Waals surface area contributed by atoms with Crippen molar-refractivity contribution in [1.29, 1.82) is 0 Å². The molecule has 0 bridgehead atoms. The molecule has 0 aromatic heterocycles. The van der Waals surface area contributed by atoms with Gasteiger partial charge in [0.2, 0.25) is 35.4 Å². The van der Waals surface area contributed by atoms with Gasteiger partial charge in [0.05, 0.1) is 39.0 Å². The molecule has 0 spiro atoms. The molecule has 30 heteroatoms. The van der Waals surface area contributed by atoms with Crippen LogP contribution in [0.1, 0.15) is 78.6 Å². The number of hydrogen-bond donors (Lipinski definition) is 14. The SMILES string of the molecule is CC(=CC(=O)N(O)CCCC1NC(=O)C(CCCN(O)C(=O)/C=C(\C)CC(=O)O)NC(=O)C(CCCN(O)C(=O)/C=C(/C)CC(=O)O)NC(=O)CNC(=O)C(CO)NC(=O)C(CO)NC1=O)CC(=O)O.[Fe]. The van der Waals surface area contributed by atoms with Gasteiger partial charge in [-0.15, -0.1) is 0 Å². The zero-order chi connectivity index (χ0) is 53.2. The maximum Gasteiger partial charge on any atom is 0.307 e. The smallest absolute Gasteiger partial charge is 0.307 e. The number of aliphatic carboxylic acids is 3. The van der Waals surface area contributed by atoms with Crippen molar-refractivity contribution < 1.29 is 116 Å². The molecule has 1 aliphatic rings. The van der Waals surface area contributed by atoms with Crippen LogP contribution in [0.15, 0.2) is 34.9 Å². The number of amides is 9. The molecule has 5 atom stereocenters. The van der Waals surface area contributed by atoms with Gasteiger partial charge < -0.3 is 57.4 Å². The molecule has 1 heterocycles. The van der Waals surface area contributed by atoms with Crippen molar-refractivity contribution in [1.82, 2.24) is 47.1 Å². The molecule has 1 rings (SSSR count). The summed E-state index contributed by atoms with van der Waals surface area (Å²) in [5.74, 6) is -13.8. The Morgan fingerprint density at radius 2 is 0.746 bits per heavy atom. The first-order valence-corrected chi connectivity index (χ1v) is 21.5. The topological polar surface area (TPSA) is 449 Å². The first kappa shape index (κ1) is 64.2. The summed E-state index contributed by atoms with van der Waals surface area (Å²) < 4.78 is 0. The molecular formula is C41H61FeN9O20. The Morgan fingerprint density at radius 3 is 1.04 bits per heavy atom. The molecule has 1 saturated heterocycles. The summed E-state index contributed by atoms with van der Waals surface area (Å²) >= 11 is 0. The number of nitrogens with one attached hydrogen (secondary N) is 6. The van der Waals surface area contributed by atoms with Crippen molar-refractivity contribution in [2.24, 2.45) is 0 Å². The Kier molecular flexibility index (Phi) is 29.7. The van der Waals surface area contributed by atoms with E-state index in [9.17, 15) is 83.4 Å². The van der Waals surface area contributed by atoms with E-state index in [0.29, 0.717) is 0 Å². The van der Waals surface area contributed by atoms with Crippen LogP contribution in [0, 0.1) is 0 Å². The summed E-state index contributed by atoms with van der Waals surface area (Å²) in [6.45, 7) is -0.721. The van der Waals surface area contributed by atoms with E-state index in [4.69, 9.17) is 15.3 Å². The molecule has 0 aromatic rings. The van der Waals surface area contributed by atoms with E-state index in [1.54, 1.807) is 0 Å². The molecule has 0 aliphatic carbocycles. The zero-order valence-corrected chi connectivity index (χ0v) is 40.0. The van der Waals surface area contributed by atoms with Crippen LogP contribution in [-0.4, -0.2) is 197 Å². The Balaban J connectivity index is 0.0000490. The standard InChI is InChI=1S/C41H61N9O20.Fe/c1-22(16-34(57)58)13-31(54)48(68)10-4-7-25-38(64)44-26(8-5-11-49(69)32(55)14-23(2)17-35(59)60)39(65)45-27(9-6-12-50(70)33(56)15-24(3)18-36(61)62)40(66)47-29(21-52)41(67)46-28(20-51)37(63)42-19-30(53)43-25;/h13-15,25-29,51-52,68-70H,4-12,16-21H2,1-3H3,(H,42,63)(H,43,53)(H,44,64)(H,45,65)(H,46,67)(H,47,66)(H,57,58)(H,59,60)(H,61,62);/b22-13-,23-14+,24-15?;. The van der Waals surface area contributed by atoms with Crippen LogP contribution in [0.2, 0.25) is 0 Å². The van der Waals surface area contributed by atoms with Gasteiger partial charge >= 0.3 is 17.9 Å². The van der Waals surface area contributed by atoms with Gasteiger partial charge in [0.25, 0.3) is 17.7 Å². The number of carboxylic acids is 3. The molecule has 0 saturated carbocycles. The van der Waals surface area contributed by atoms with E-state index in [0.717, 1.165) is 18.2 Å². The maximum atomic E-state index is 14.1. The number of aliphatic hydroxyl groups is 2. The maximum absolute atomic E-state index is 14.1. The fourth-order valence-corrected chi connectivity index (χ4v) is 6.21. The van der Waals surface area contributed by atoms with Gasteiger partial charge in [-0.05, 0) is 59.3 Å². The fraction of sp³-hybridized carbons (Fsp3) is 0.561. The second kappa shape index (κ2) is 32.9. The monoisotopic (exact) mass is 1060 g/mol. The number of nitrogens with zero attached hydrogens (tertiary/aromatic N) is 3. The van der Waals surface area contributed by atoms with Gasteiger partial charge in [0, 0.05) is 54.9 Å². The summed E-state index contributed by atoms with van der Waals surface area (Å²) in [6.07, 6.45) is -1.29. The molecular weight excluding hydrogens is 994 g/mol. The van der Waals surface area contributed by atoms with Gasteiger partial charge in [0.15, 0.2) is 0 Å². The first-order chi connectivity index (χ1) is 32.8. The molecule has 14 N–H and O–H groups in total. The van der Waals surface area contributed by atoms with E-state index >= 15 is 0 Å². The third kappa shape index (κ3) is 25.6. The minimum atomic E-state index is -1.86. The largest absolute Gasteiger partial charge is 0.481 e. The molecule has 5 unspecified atom stereocenters. The summed E-state index contributed by atoms with van der Waals surface area (Å²) in [5.41, 5.74) is 0.211. The van der Waals surface area contributed by atoms with E-state index in [-0.39, 0.29) is 68.2 Å². The molecule has 1 aliphatic heterocycles. The van der Waals surface area contributed by atoms with E-state index < -0.39 is 179 Å². The van der Waals surface area contributed by atoms with E-state index in [2.05, 4.69) is 31.9 Å². The van der Waals surface area contributed by atoms with Crippen LogP contribution in [0.25, 0.3) is 0 Å². The van der Waals surface area contributed by atoms with Crippen LogP contribution in [0.5, 0.6) is 0 Å². The van der Waals surface area contributed by atoms with Gasteiger partial charge in [-0.3, -0.25) is 73.2 Å². The Labute approximate surface area is 416 Å². The van der Waals surface area contributed by atoms with E-state index in [1.807, 2.05) is 0 Å². The summed E-state index contributed by atoms with van der Waals surface area (Å²) in [5, 5.41) is 91.9. The predicted octanol–water partition coefficient (Wildman–Crippen LogP) is -4.22. The minimum Gasteiger partial charge on any atom is -0.481 e. The third-order valence-electron chi connectivity index (χ3n) is 9.72. The van der Waals surface area contributed by atoms with E-state index in [1.165, 1.54) is 20.8 Å². The molecule has 1 fully saturated rings. The number of carbonyl (C=O) groups is 12. The van der Waals surface area contributed by atoms with Crippen molar-refractivity contribution in [2.75, 3.05) is 39.4 Å². The number of aliphatic hydroxyl groups excluding tert-OH is 2. The Hall–Kier alpha value is -6.82. The van der Waals surface area contributed by atoms with Gasteiger partial charge in [0.1, 0.15) is 30.2 Å². The van der Waals surface area contributed by atoms with Gasteiger partial charge in [-0.25, -0.2) is 15.2 Å². The van der Waals surface area contributed by atoms with Crippen LogP contribution >= 0.6 is 0 Å². The molecule has 0 aromatic carbocycles. The second-order valence-corrected chi connectivity index (χ2v) is 15.9. The Morgan fingerprint density at radius 1 is 0.479 bits per heavy atom. The van der Waals surface area contributed by atoms with Crippen LogP contribution in [-0.2, 0) is 74.6 Å². The molecule has 0 radical (unpaired) electrons. The van der Waals surface area contributed by atoms with Gasteiger partial charge in [-0.1, -0.05) is 16.7 Å². The summed E-state index contributed by atoms with van der Waals surface area (Å²) in [7, 11) is 0. The molecule has 71 heavy (non-hydrogen) atoms. The molecule has 29 nitrogen and oxygen atoms in total. The third-order valence-corrected chi connectivity index (χ3v) is 9.72. The predicted molar refractivity (Wildman–Crippen MR) is 233 cm³/mol. The summed E-state index contributed by atoms with van der Waals surface area (Å²) in [4.78, 5) is 152. The Bertz CT molecular complexity index is 2050. The van der Waals surface area contributed by atoms with Crippen LogP contribution in [0.4, 0.5) is 0 Å². The minimum absolute atomic E-state index is 0.